The number of allylic oxidation sites excluding steroid dienone is 2. The SMILES string of the molecule is O=[N+]([O-])c1ccc(N/N=C2/C[C@H]3CC=C[C@@H]23)c(S(=O)(=O)N2CCOCC2)c1. The number of hydrogen-bond acceptors (Lipinski definition) is 7. The van der Waals surface area contributed by atoms with Gasteiger partial charge in [-0.3, -0.25) is 15.5 Å². The third-order valence-electron chi connectivity index (χ3n) is 5.23. The van der Waals surface area contributed by atoms with Crippen LogP contribution in [0.4, 0.5) is 11.4 Å². The minimum Gasteiger partial charge on any atom is -0.379 e. The van der Waals surface area contributed by atoms with Crippen LogP contribution in [0.15, 0.2) is 40.3 Å². The van der Waals surface area contributed by atoms with Crippen molar-refractivity contribution >= 4 is 27.1 Å². The maximum absolute atomic E-state index is 13.0. The van der Waals surface area contributed by atoms with E-state index in [1.54, 1.807) is 0 Å². The molecule has 0 unspecified atom stereocenters. The Morgan fingerprint density at radius 3 is 2.78 bits per heavy atom. The van der Waals surface area contributed by atoms with Gasteiger partial charge in [-0.2, -0.15) is 9.41 Å². The standard InChI is InChI=1S/C17H20N4O5S/c22-21(23)13-4-5-15(18-19-16-10-12-2-1-3-14(12)16)17(11-13)27(24,25)20-6-8-26-9-7-20/h1,3-5,11-12,14,18H,2,6-10H2/b19-16-/t12-,14-/m1/s1. The van der Waals surface area contributed by atoms with E-state index in [0.717, 1.165) is 24.6 Å². The lowest BCUT2D eigenvalue weighted by molar-refractivity contribution is -0.385. The van der Waals surface area contributed by atoms with Crippen LogP contribution in [-0.2, 0) is 14.8 Å². The summed E-state index contributed by atoms with van der Waals surface area (Å²) in [5, 5.41) is 15.5. The van der Waals surface area contributed by atoms with Gasteiger partial charge in [-0.05, 0) is 24.8 Å². The fourth-order valence-electron chi connectivity index (χ4n) is 3.65. The van der Waals surface area contributed by atoms with Crippen molar-refractivity contribution in [2.45, 2.75) is 17.7 Å². The number of nitro groups is 1. The van der Waals surface area contributed by atoms with E-state index >= 15 is 0 Å². The van der Waals surface area contributed by atoms with Gasteiger partial charge >= 0.3 is 0 Å². The van der Waals surface area contributed by atoms with Crippen molar-refractivity contribution in [2.24, 2.45) is 16.9 Å². The Morgan fingerprint density at radius 2 is 2.07 bits per heavy atom. The van der Waals surface area contributed by atoms with E-state index in [2.05, 4.69) is 22.7 Å². The molecule has 1 aliphatic heterocycles. The summed E-state index contributed by atoms with van der Waals surface area (Å²) < 4.78 is 32.6. The number of nitro benzene ring substituents is 1. The first-order valence-corrected chi connectivity index (χ1v) is 10.3. The van der Waals surface area contributed by atoms with Gasteiger partial charge in [-0.25, -0.2) is 8.42 Å². The third-order valence-corrected chi connectivity index (χ3v) is 7.17. The van der Waals surface area contributed by atoms with E-state index < -0.39 is 14.9 Å². The summed E-state index contributed by atoms with van der Waals surface area (Å²) in [5.41, 5.74) is 3.77. The average Bonchev–Trinajstić information content (AvgIpc) is 3.03. The predicted molar refractivity (Wildman–Crippen MR) is 99.1 cm³/mol. The van der Waals surface area contributed by atoms with Crippen LogP contribution in [-0.4, -0.2) is 49.7 Å². The predicted octanol–water partition coefficient (Wildman–Crippen LogP) is 1.98. The fraction of sp³-hybridized carbons (Fsp3) is 0.471. The summed E-state index contributed by atoms with van der Waals surface area (Å²) in [4.78, 5) is 10.4. The van der Waals surface area contributed by atoms with E-state index in [0.29, 0.717) is 25.0 Å². The summed E-state index contributed by atoms with van der Waals surface area (Å²) in [6, 6.07) is 3.77. The van der Waals surface area contributed by atoms with E-state index in [1.807, 2.05) is 0 Å². The number of anilines is 1. The first-order valence-electron chi connectivity index (χ1n) is 8.82. The lowest BCUT2D eigenvalue weighted by Gasteiger charge is -2.32. The van der Waals surface area contributed by atoms with Crippen LogP contribution >= 0.6 is 0 Å². The number of rotatable bonds is 5. The summed E-state index contributed by atoms with van der Waals surface area (Å²) >= 11 is 0. The third kappa shape index (κ3) is 3.35. The smallest absolute Gasteiger partial charge is 0.270 e. The molecule has 9 nitrogen and oxygen atoms in total. The van der Waals surface area contributed by atoms with Gasteiger partial charge in [0.1, 0.15) is 4.90 Å². The molecule has 1 saturated carbocycles. The Morgan fingerprint density at radius 1 is 1.30 bits per heavy atom. The molecule has 3 aliphatic rings. The van der Waals surface area contributed by atoms with Crippen LogP contribution in [0.5, 0.6) is 0 Å². The maximum Gasteiger partial charge on any atom is 0.270 e. The van der Waals surface area contributed by atoms with Gasteiger partial charge in [-0.1, -0.05) is 12.2 Å². The average molecular weight is 392 g/mol. The highest BCUT2D eigenvalue weighted by molar-refractivity contribution is 7.89. The van der Waals surface area contributed by atoms with Crippen LogP contribution < -0.4 is 5.43 Å². The van der Waals surface area contributed by atoms with Crippen molar-refractivity contribution in [3.8, 4) is 0 Å². The number of fused-ring (bicyclic) bond motifs is 1. The molecule has 2 fully saturated rings. The normalized spacial score (nSPS) is 26.6. The number of hydrazone groups is 1. The second kappa shape index (κ2) is 7.02. The fourth-order valence-corrected chi connectivity index (χ4v) is 5.22. The highest BCUT2D eigenvalue weighted by atomic mass is 32.2. The summed E-state index contributed by atoms with van der Waals surface area (Å²) in [6.45, 7) is 1.03. The number of ether oxygens (including phenoxy) is 1. The molecule has 0 aromatic heterocycles. The van der Waals surface area contributed by atoms with E-state index in [-0.39, 0.29) is 29.4 Å². The second-order valence-corrected chi connectivity index (χ2v) is 8.73. The quantitative estimate of drug-likeness (QED) is 0.466. The van der Waals surface area contributed by atoms with Crippen LogP contribution in [0.1, 0.15) is 12.8 Å². The zero-order valence-electron chi connectivity index (χ0n) is 14.6. The highest BCUT2D eigenvalue weighted by Gasteiger charge is 2.38. The molecule has 1 aromatic rings. The lowest BCUT2D eigenvalue weighted by Crippen LogP contribution is -2.40. The first-order chi connectivity index (χ1) is 13.0. The molecule has 10 heteroatoms. The topological polar surface area (TPSA) is 114 Å². The molecule has 1 heterocycles. The molecule has 0 radical (unpaired) electrons. The molecule has 27 heavy (non-hydrogen) atoms. The number of benzene rings is 1. The molecule has 4 rings (SSSR count). The minimum atomic E-state index is -3.90. The van der Waals surface area contributed by atoms with Crippen molar-refractivity contribution < 1.29 is 18.1 Å². The van der Waals surface area contributed by atoms with Crippen LogP contribution in [0.3, 0.4) is 0 Å². The molecule has 1 aromatic carbocycles. The van der Waals surface area contributed by atoms with Crippen LogP contribution in [0.2, 0.25) is 0 Å². The number of sulfonamides is 1. The Balaban J connectivity index is 1.65. The van der Waals surface area contributed by atoms with Gasteiger partial charge in [-0.15, -0.1) is 0 Å². The van der Waals surface area contributed by atoms with Crippen LogP contribution in [0, 0.1) is 22.0 Å². The Kier molecular flexibility index (Phi) is 4.70. The Bertz CT molecular complexity index is 921. The summed E-state index contributed by atoms with van der Waals surface area (Å²) in [7, 11) is -3.90. The minimum absolute atomic E-state index is 0.138. The molecule has 0 spiro atoms. The number of nitrogens with zero attached hydrogens (tertiary/aromatic N) is 3. The van der Waals surface area contributed by atoms with E-state index in [4.69, 9.17) is 4.74 Å². The van der Waals surface area contributed by atoms with E-state index in [9.17, 15) is 18.5 Å². The second-order valence-electron chi connectivity index (χ2n) is 6.82. The van der Waals surface area contributed by atoms with E-state index in [1.165, 1.54) is 16.4 Å². The van der Waals surface area contributed by atoms with Crippen molar-refractivity contribution in [3.05, 3.63) is 40.5 Å². The lowest BCUT2D eigenvalue weighted by atomic mass is 9.74. The molecule has 1 saturated heterocycles. The molecule has 2 atom stereocenters. The van der Waals surface area contributed by atoms with Gasteiger partial charge in [0.05, 0.1) is 23.8 Å². The summed E-state index contributed by atoms with van der Waals surface area (Å²) in [5.74, 6) is 0.911. The largest absolute Gasteiger partial charge is 0.379 e. The van der Waals surface area contributed by atoms with Gasteiger partial charge in [0, 0.05) is 36.9 Å². The first kappa shape index (κ1) is 18.1. The number of non-ortho nitro benzene ring substituents is 1. The van der Waals surface area contributed by atoms with Crippen LogP contribution in [0.25, 0.3) is 0 Å². The number of hydrogen-bond donors (Lipinski definition) is 1. The maximum atomic E-state index is 13.0. The molecular weight excluding hydrogens is 372 g/mol. The molecule has 2 aliphatic carbocycles. The Hall–Kier alpha value is -2.30. The van der Waals surface area contributed by atoms with Crippen molar-refractivity contribution in [1.29, 1.82) is 0 Å². The summed E-state index contributed by atoms with van der Waals surface area (Å²) in [6.07, 6.45) is 6.19. The zero-order chi connectivity index (χ0) is 19.0. The monoisotopic (exact) mass is 392 g/mol. The molecule has 0 bridgehead atoms. The number of nitrogens with one attached hydrogen (secondary N) is 1. The van der Waals surface area contributed by atoms with Crippen molar-refractivity contribution in [3.63, 3.8) is 0 Å². The van der Waals surface area contributed by atoms with Gasteiger partial charge < -0.3 is 4.74 Å². The highest BCUT2D eigenvalue weighted by Crippen LogP contribution is 2.40. The Labute approximate surface area is 156 Å². The van der Waals surface area contributed by atoms with Crippen molar-refractivity contribution in [2.75, 3.05) is 31.7 Å². The van der Waals surface area contributed by atoms with Crippen molar-refractivity contribution in [1.82, 2.24) is 4.31 Å². The molecular formula is C17H20N4O5S. The molecule has 0 amide bonds. The molecule has 144 valence electrons. The van der Waals surface area contributed by atoms with Gasteiger partial charge in [0.15, 0.2) is 0 Å². The zero-order valence-corrected chi connectivity index (χ0v) is 15.4. The molecule has 1 N–H and O–H groups in total. The van der Waals surface area contributed by atoms with Gasteiger partial charge in [0.2, 0.25) is 10.0 Å². The van der Waals surface area contributed by atoms with Gasteiger partial charge in [0.25, 0.3) is 5.69 Å². The number of morpholine rings is 1.